The third-order valence-corrected chi connectivity index (χ3v) is 3.34. The number of benzene rings is 1. The molecule has 0 fully saturated rings. The smallest absolute Gasteiger partial charge is 0.0401 e. The molecule has 0 saturated carbocycles. The Balaban J connectivity index is 2.53. The van der Waals surface area contributed by atoms with Crippen LogP contribution < -0.4 is 4.90 Å². The highest BCUT2D eigenvalue weighted by Crippen LogP contribution is 2.37. The van der Waals surface area contributed by atoms with Gasteiger partial charge in [0.15, 0.2) is 0 Å². The molecule has 0 aliphatic carbocycles. The van der Waals surface area contributed by atoms with Crippen LogP contribution in [0.25, 0.3) is 0 Å². The molecule has 1 nitrogen and oxygen atoms in total. The highest BCUT2D eigenvalue weighted by atomic mass is 15.1. The molecule has 1 heterocycles. The minimum Gasteiger partial charge on any atom is -0.374 e. The van der Waals surface area contributed by atoms with Crippen molar-refractivity contribution in [2.24, 2.45) is 0 Å². The van der Waals surface area contributed by atoms with Gasteiger partial charge < -0.3 is 4.90 Å². The first-order chi connectivity index (χ1) is 6.61. The van der Waals surface area contributed by atoms with E-state index in [1.807, 2.05) is 0 Å². The summed E-state index contributed by atoms with van der Waals surface area (Å²) >= 11 is 0. The van der Waals surface area contributed by atoms with E-state index in [4.69, 9.17) is 0 Å². The van der Waals surface area contributed by atoms with Crippen molar-refractivity contribution in [3.63, 3.8) is 0 Å². The van der Waals surface area contributed by atoms with Crippen LogP contribution in [0.2, 0.25) is 0 Å². The van der Waals surface area contributed by atoms with E-state index in [9.17, 15) is 0 Å². The molecule has 2 rings (SSSR count). The molecular weight excluding hydrogens is 170 g/mol. The summed E-state index contributed by atoms with van der Waals surface area (Å²) in [6.45, 7) is 5.89. The van der Waals surface area contributed by atoms with Gasteiger partial charge in [-0.25, -0.2) is 0 Å². The van der Waals surface area contributed by atoms with Crippen LogP contribution in [0.3, 0.4) is 0 Å². The number of nitrogens with zero attached hydrogens (tertiary/aromatic N) is 1. The van der Waals surface area contributed by atoms with Crippen LogP contribution in [0, 0.1) is 0 Å². The first-order valence-electron chi connectivity index (χ1n) is 5.42. The largest absolute Gasteiger partial charge is 0.374 e. The second-order valence-corrected chi connectivity index (χ2v) is 4.93. The van der Waals surface area contributed by atoms with Crippen LogP contribution >= 0.6 is 0 Å². The van der Waals surface area contributed by atoms with E-state index >= 15 is 0 Å². The molecule has 0 saturated heterocycles. The van der Waals surface area contributed by atoms with Gasteiger partial charge in [-0.3, -0.25) is 0 Å². The predicted octanol–water partition coefficient (Wildman–Crippen LogP) is 3.19. The Hall–Kier alpha value is -0.980. The van der Waals surface area contributed by atoms with Gasteiger partial charge in [0.1, 0.15) is 0 Å². The van der Waals surface area contributed by atoms with E-state index in [-0.39, 0.29) is 0 Å². The fourth-order valence-electron chi connectivity index (χ4n) is 2.39. The van der Waals surface area contributed by atoms with Crippen molar-refractivity contribution in [1.82, 2.24) is 0 Å². The molecule has 0 amide bonds. The molecule has 0 radical (unpaired) electrons. The summed E-state index contributed by atoms with van der Waals surface area (Å²) in [6.07, 6.45) is 2.58. The average Bonchev–Trinajstić information content (AvgIpc) is 2.27. The highest BCUT2D eigenvalue weighted by Gasteiger charge is 2.26. The summed E-state index contributed by atoms with van der Waals surface area (Å²) < 4.78 is 0. The van der Waals surface area contributed by atoms with Gasteiger partial charge in [0.05, 0.1) is 0 Å². The van der Waals surface area contributed by atoms with Crippen LogP contribution in [0.4, 0.5) is 5.69 Å². The van der Waals surface area contributed by atoms with Crippen LogP contribution in [-0.2, 0) is 5.41 Å². The first-order valence-corrected chi connectivity index (χ1v) is 5.42. The zero-order valence-corrected chi connectivity index (χ0v) is 9.38. The maximum atomic E-state index is 2.38. The van der Waals surface area contributed by atoms with Gasteiger partial charge in [-0.05, 0) is 29.9 Å². The van der Waals surface area contributed by atoms with Gasteiger partial charge in [-0.2, -0.15) is 0 Å². The summed E-state index contributed by atoms with van der Waals surface area (Å²) in [7, 11) is 2.19. The van der Waals surface area contributed by atoms with E-state index in [0.29, 0.717) is 5.41 Å². The van der Waals surface area contributed by atoms with Crippen molar-refractivity contribution >= 4 is 5.69 Å². The topological polar surface area (TPSA) is 3.24 Å². The van der Waals surface area contributed by atoms with Gasteiger partial charge in [-0.15, -0.1) is 0 Å². The third kappa shape index (κ3) is 1.52. The molecule has 1 heteroatoms. The van der Waals surface area contributed by atoms with E-state index in [1.54, 1.807) is 0 Å². The number of fused-ring (bicyclic) bond motifs is 1. The molecule has 1 aliphatic heterocycles. The molecule has 0 aromatic heterocycles. The summed E-state index contributed by atoms with van der Waals surface area (Å²) in [5, 5.41) is 0. The van der Waals surface area contributed by atoms with Crippen LogP contribution in [0.15, 0.2) is 24.3 Å². The molecule has 0 spiro atoms. The Bertz CT molecular complexity index is 328. The Morgan fingerprint density at radius 1 is 1.21 bits per heavy atom. The molecule has 76 valence electrons. The molecule has 1 aliphatic rings. The van der Waals surface area contributed by atoms with Crippen molar-refractivity contribution in [2.45, 2.75) is 32.1 Å². The zero-order valence-electron chi connectivity index (χ0n) is 9.38. The predicted molar refractivity (Wildman–Crippen MR) is 62.0 cm³/mol. The summed E-state index contributed by atoms with van der Waals surface area (Å²) in [4.78, 5) is 2.38. The lowest BCUT2D eigenvalue weighted by molar-refractivity contribution is 0.477. The number of hydrogen-bond acceptors (Lipinski definition) is 1. The first kappa shape index (κ1) is 9.57. The number of para-hydroxylation sites is 1. The van der Waals surface area contributed by atoms with E-state index in [0.717, 1.165) is 0 Å². The minimum absolute atomic E-state index is 0.335. The van der Waals surface area contributed by atoms with Crippen molar-refractivity contribution in [1.29, 1.82) is 0 Å². The quantitative estimate of drug-likeness (QED) is 0.606. The van der Waals surface area contributed by atoms with Gasteiger partial charge in [0.2, 0.25) is 0 Å². The maximum absolute atomic E-state index is 2.38. The standard InChI is InChI=1S/C13H19N/c1-13(2)9-6-10-14(3)12-8-5-4-7-11(12)13/h4-5,7-8H,6,9-10H2,1-3H3. The Labute approximate surface area is 86.7 Å². The minimum atomic E-state index is 0.335. The van der Waals surface area contributed by atoms with Crippen LogP contribution in [-0.4, -0.2) is 13.6 Å². The summed E-state index contributed by atoms with van der Waals surface area (Å²) in [5.74, 6) is 0. The summed E-state index contributed by atoms with van der Waals surface area (Å²) in [6, 6.07) is 8.80. The van der Waals surface area contributed by atoms with Crippen molar-refractivity contribution in [3.05, 3.63) is 29.8 Å². The van der Waals surface area contributed by atoms with Crippen LogP contribution in [0.1, 0.15) is 32.3 Å². The van der Waals surface area contributed by atoms with E-state index in [1.165, 1.54) is 30.6 Å². The van der Waals surface area contributed by atoms with Crippen molar-refractivity contribution in [2.75, 3.05) is 18.5 Å². The molecular formula is C13H19N. The molecule has 0 bridgehead atoms. The monoisotopic (exact) mass is 189 g/mol. The van der Waals surface area contributed by atoms with Gasteiger partial charge in [0.25, 0.3) is 0 Å². The second-order valence-electron chi connectivity index (χ2n) is 4.93. The molecule has 0 N–H and O–H groups in total. The lowest BCUT2D eigenvalue weighted by Crippen LogP contribution is -2.19. The second kappa shape index (κ2) is 3.30. The summed E-state index contributed by atoms with van der Waals surface area (Å²) in [5.41, 5.74) is 3.25. The molecule has 0 unspecified atom stereocenters. The lowest BCUT2D eigenvalue weighted by Gasteiger charge is -2.26. The Morgan fingerprint density at radius 3 is 2.71 bits per heavy atom. The Morgan fingerprint density at radius 2 is 1.93 bits per heavy atom. The highest BCUT2D eigenvalue weighted by molar-refractivity contribution is 5.56. The molecule has 14 heavy (non-hydrogen) atoms. The van der Waals surface area contributed by atoms with E-state index < -0.39 is 0 Å². The molecule has 1 aromatic rings. The number of hydrogen-bond donors (Lipinski definition) is 0. The van der Waals surface area contributed by atoms with Gasteiger partial charge in [0, 0.05) is 19.3 Å². The Kier molecular flexibility index (Phi) is 2.26. The zero-order chi connectivity index (χ0) is 10.2. The van der Waals surface area contributed by atoms with Gasteiger partial charge >= 0.3 is 0 Å². The fourth-order valence-corrected chi connectivity index (χ4v) is 2.39. The normalized spacial score (nSPS) is 20.1. The fraction of sp³-hybridized carbons (Fsp3) is 0.538. The molecule has 1 aromatic carbocycles. The SMILES string of the molecule is CN1CCCC(C)(C)c2ccccc21. The number of anilines is 1. The van der Waals surface area contributed by atoms with Crippen molar-refractivity contribution in [3.8, 4) is 0 Å². The third-order valence-electron chi connectivity index (χ3n) is 3.34. The average molecular weight is 189 g/mol. The van der Waals surface area contributed by atoms with Gasteiger partial charge in [-0.1, -0.05) is 32.0 Å². The maximum Gasteiger partial charge on any atom is 0.0401 e. The van der Waals surface area contributed by atoms with E-state index in [2.05, 4.69) is 50.1 Å². The number of rotatable bonds is 0. The van der Waals surface area contributed by atoms with Crippen molar-refractivity contribution < 1.29 is 0 Å². The molecule has 0 atom stereocenters. The van der Waals surface area contributed by atoms with Crippen LogP contribution in [0.5, 0.6) is 0 Å². The lowest BCUT2D eigenvalue weighted by atomic mass is 9.80.